The fourth-order valence-electron chi connectivity index (χ4n) is 2.40. The lowest BCUT2D eigenvalue weighted by Gasteiger charge is -2.07. The van der Waals surface area contributed by atoms with Gasteiger partial charge in [0.1, 0.15) is 5.75 Å². The van der Waals surface area contributed by atoms with Gasteiger partial charge in [0.25, 0.3) is 0 Å². The van der Waals surface area contributed by atoms with E-state index in [1.807, 2.05) is 36.4 Å². The van der Waals surface area contributed by atoms with Crippen molar-refractivity contribution in [2.24, 2.45) is 0 Å². The van der Waals surface area contributed by atoms with Crippen molar-refractivity contribution >= 4 is 51.3 Å². The Labute approximate surface area is 171 Å². The third-order valence-corrected chi connectivity index (χ3v) is 5.49. The number of hydrogen-bond donors (Lipinski definition) is 2. The normalized spacial score (nSPS) is 10.5. The molecule has 0 aliphatic carbocycles. The van der Waals surface area contributed by atoms with Crippen LogP contribution in [-0.2, 0) is 11.2 Å². The number of benzene rings is 2. The Morgan fingerprint density at radius 1 is 1.22 bits per heavy atom. The zero-order valence-electron chi connectivity index (χ0n) is 14.5. The van der Waals surface area contributed by atoms with Gasteiger partial charge in [-0.2, -0.15) is 0 Å². The summed E-state index contributed by atoms with van der Waals surface area (Å²) in [6, 6.07) is 12.9. The van der Waals surface area contributed by atoms with Crippen molar-refractivity contribution in [1.82, 2.24) is 4.98 Å². The summed E-state index contributed by atoms with van der Waals surface area (Å²) in [5.74, 6) is 0.546. The largest absolute Gasteiger partial charge is 0.497 e. The number of rotatable bonds is 7. The zero-order valence-corrected chi connectivity index (χ0v) is 16.8. The predicted octanol–water partition coefficient (Wildman–Crippen LogP) is 5.10. The van der Waals surface area contributed by atoms with Crippen molar-refractivity contribution in [3.05, 3.63) is 69.1 Å². The highest BCUT2D eigenvalue weighted by molar-refractivity contribution is 7.15. The summed E-state index contributed by atoms with van der Waals surface area (Å²) in [6.07, 6.45) is 2.34. The van der Waals surface area contributed by atoms with Gasteiger partial charge in [0.15, 0.2) is 5.13 Å². The quantitative estimate of drug-likeness (QED) is 0.556. The number of nitrogens with one attached hydrogen (secondary N) is 2. The van der Waals surface area contributed by atoms with Crippen molar-refractivity contribution in [1.29, 1.82) is 0 Å². The van der Waals surface area contributed by atoms with E-state index in [0.717, 1.165) is 21.9 Å². The third kappa shape index (κ3) is 5.35. The average Bonchev–Trinajstić information content (AvgIpc) is 3.11. The van der Waals surface area contributed by atoms with Crippen LogP contribution in [-0.4, -0.2) is 24.5 Å². The van der Waals surface area contributed by atoms with Crippen molar-refractivity contribution < 1.29 is 9.53 Å². The molecule has 0 spiro atoms. The number of hydrogen-bond acceptors (Lipinski definition) is 5. The molecule has 1 amide bonds. The van der Waals surface area contributed by atoms with Crippen LogP contribution in [0.25, 0.3) is 0 Å². The first-order valence-corrected chi connectivity index (χ1v) is 9.68. The van der Waals surface area contributed by atoms with Crippen molar-refractivity contribution in [3.8, 4) is 5.75 Å². The van der Waals surface area contributed by atoms with Gasteiger partial charge < -0.3 is 15.4 Å². The maximum Gasteiger partial charge on any atom is 0.245 e. The molecule has 3 rings (SSSR count). The fourth-order valence-corrected chi connectivity index (χ4v) is 3.64. The van der Waals surface area contributed by atoms with E-state index in [9.17, 15) is 4.79 Å². The van der Waals surface area contributed by atoms with E-state index >= 15 is 0 Å². The SMILES string of the molecule is COc1cccc(NCC(=O)Nc2ncc(Cc3cccc(Cl)c3Cl)s2)c1. The summed E-state index contributed by atoms with van der Waals surface area (Å²) in [4.78, 5) is 17.4. The molecule has 5 nitrogen and oxygen atoms in total. The van der Waals surface area contributed by atoms with Gasteiger partial charge in [0.05, 0.1) is 23.7 Å². The minimum Gasteiger partial charge on any atom is -0.497 e. The van der Waals surface area contributed by atoms with Gasteiger partial charge in [-0.25, -0.2) is 4.98 Å². The molecule has 0 fully saturated rings. The molecule has 0 aliphatic heterocycles. The van der Waals surface area contributed by atoms with Gasteiger partial charge >= 0.3 is 0 Å². The Balaban J connectivity index is 1.55. The summed E-state index contributed by atoms with van der Waals surface area (Å²) in [6.45, 7) is 0.127. The van der Waals surface area contributed by atoms with Crippen LogP contribution in [0.2, 0.25) is 10.0 Å². The second-order valence-electron chi connectivity index (χ2n) is 5.66. The molecule has 0 radical (unpaired) electrons. The van der Waals surface area contributed by atoms with E-state index in [2.05, 4.69) is 15.6 Å². The third-order valence-electron chi connectivity index (χ3n) is 3.72. The molecule has 1 heterocycles. The molecule has 2 N–H and O–H groups in total. The van der Waals surface area contributed by atoms with Crippen molar-refractivity contribution in [2.75, 3.05) is 24.3 Å². The number of halogens is 2. The molecule has 0 unspecified atom stereocenters. The first-order chi connectivity index (χ1) is 13.0. The van der Waals surface area contributed by atoms with Crippen LogP contribution in [0.4, 0.5) is 10.8 Å². The molecule has 0 atom stereocenters. The van der Waals surface area contributed by atoms with Gasteiger partial charge in [-0.1, -0.05) is 41.4 Å². The monoisotopic (exact) mass is 421 g/mol. The molecule has 0 saturated carbocycles. The lowest BCUT2D eigenvalue weighted by molar-refractivity contribution is -0.114. The number of nitrogens with zero attached hydrogens (tertiary/aromatic N) is 1. The van der Waals surface area contributed by atoms with Crippen LogP contribution >= 0.6 is 34.5 Å². The highest BCUT2D eigenvalue weighted by Crippen LogP contribution is 2.29. The van der Waals surface area contributed by atoms with E-state index < -0.39 is 0 Å². The number of ether oxygens (including phenoxy) is 1. The standard InChI is InChI=1S/C19H17Cl2N3O2S/c1-26-14-6-3-5-13(9-14)22-11-17(25)24-19-23-10-15(27-19)8-12-4-2-7-16(20)18(12)21/h2-7,9-10,22H,8,11H2,1H3,(H,23,24,25). The Bertz CT molecular complexity index is 946. The highest BCUT2D eigenvalue weighted by Gasteiger charge is 2.10. The topological polar surface area (TPSA) is 63.2 Å². The van der Waals surface area contributed by atoms with Crippen LogP contribution in [0.3, 0.4) is 0 Å². The summed E-state index contributed by atoms with van der Waals surface area (Å²) >= 11 is 13.7. The first kappa shape index (κ1) is 19.5. The predicted molar refractivity (Wildman–Crippen MR) is 111 cm³/mol. The Morgan fingerprint density at radius 2 is 2.04 bits per heavy atom. The number of aromatic nitrogens is 1. The minimum absolute atomic E-state index is 0.127. The van der Waals surface area contributed by atoms with E-state index in [1.165, 1.54) is 11.3 Å². The zero-order chi connectivity index (χ0) is 19.2. The minimum atomic E-state index is -0.181. The number of methoxy groups -OCH3 is 1. The van der Waals surface area contributed by atoms with Crippen LogP contribution in [0.5, 0.6) is 5.75 Å². The molecular weight excluding hydrogens is 405 g/mol. The number of carbonyl (C=O) groups excluding carboxylic acids is 1. The van der Waals surface area contributed by atoms with Gasteiger partial charge in [-0.3, -0.25) is 4.79 Å². The van der Waals surface area contributed by atoms with Gasteiger partial charge in [-0.05, 0) is 23.8 Å². The van der Waals surface area contributed by atoms with Gasteiger partial charge in [0.2, 0.25) is 5.91 Å². The molecule has 2 aromatic carbocycles. The van der Waals surface area contributed by atoms with E-state index in [0.29, 0.717) is 21.6 Å². The second kappa shape index (κ2) is 9.08. The summed E-state index contributed by atoms with van der Waals surface area (Å²) in [7, 11) is 1.60. The molecule has 0 saturated heterocycles. The van der Waals surface area contributed by atoms with Crippen LogP contribution in [0.15, 0.2) is 48.7 Å². The highest BCUT2D eigenvalue weighted by atomic mass is 35.5. The molecular formula is C19H17Cl2N3O2S. The summed E-state index contributed by atoms with van der Waals surface area (Å²) in [5.41, 5.74) is 1.73. The van der Waals surface area contributed by atoms with Crippen molar-refractivity contribution in [2.45, 2.75) is 6.42 Å². The summed E-state index contributed by atoms with van der Waals surface area (Å²) in [5, 5.41) is 7.45. The Hall–Kier alpha value is -2.28. The smallest absolute Gasteiger partial charge is 0.245 e. The molecule has 3 aromatic rings. The lowest BCUT2D eigenvalue weighted by Crippen LogP contribution is -2.21. The van der Waals surface area contributed by atoms with Crippen LogP contribution < -0.4 is 15.4 Å². The molecule has 0 bridgehead atoms. The van der Waals surface area contributed by atoms with Crippen molar-refractivity contribution in [3.63, 3.8) is 0 Å². The number of amides is 1. The molecule has 8 heteroatoms. The first-order valence-electron chi connectivity index (χ1n) is 8.10. The Morgan fingerprint density at radius 3 is 2.85 bits per heavy atom. The molecule has 1 aromatic heterocycles. The number of thiazole rings is 1. The number of carbonyl (C=O) groups is 1. The van der Waals surface area contributed by atoms with Gasteiger partial charge in [0, 0.05) is 29.2 Å². The maximum atomic E-state index is 12.1. The van der Waals surface area contributed by atoms with Crippen LogP contribution in [0, 0.1) is 0 Å². The molecule has 0 aliphatic rings. The Kier molecular flexibility index (Phi) is 6.55. The molecule has 140 valence electrons. The lowest BCUT2D eigenvalue weighted by atomic mass is 10.1. The number of anilines is 2. The summed E-state index contributed by atoms with van der Waals surface area (Å²) < 4.78 is 5.16. The van der Waals surface area contributed by atoms with Crippen LogP contribution in [0.1, 0.15) is 10.4 Å². The van der Waals surface area contributed by atoms with E-state index in [-0.39, 0.29) is 12.5 Å². The van der Waals surface area contributed by atoms with E-state index in [1.54, 1.807) is 19.4 Å². The molecule has 27 heavy (non-hydrogen) atoms. The van der Waals surface area contributed by atoms with E-state index in [4.69, 9.17) is 27.9 Å². The fraction of sp³-hybridized carbons (Fsp3) is 0.158. The van der Waals surface area contributed by atoms with Gasteiger partial charge in [-0.15, -0.1) is 11.3 Å². The average molecular weight is 422 g/mol. The maximum absolute atomic E-state index is 12.1. The second-order valence-corrected chi connectivity index (χ2v) is 7.56.